The largest absolute Gasteiger partial charge is 0.408 e. The monoisotopic (exact) mass is 274 g/mol. The molecule has 0 radical (unpaired) electrons. The zero-order chi connectivity index (χ0) is 13.7. The Labute approximate surface area is 111 Å². The van der Waals surface area contributed by atoms with E-state index in [-0.39, 0.29) is 29.5 Å². The van der Waals surface area contributed by atoms with Gasteiger partial charge >= 0.3 is 0 Å². The topological polar surface area (TPSA) is 47.9 Å². The molecule has 0 aliphatic carbocycles. The van der Waals surface area contributed by atoms with Gasteiger partial charge in [-0.25, -0.2) is 0 Å². The van der Waals surface area contributed by atoms with Gasteiger partial charge in [-0.1, -0.05) is 20.8 Å². The van der Waals surface area contributed by atoms with E-state index in [2.05, 4.69) is 33.9 Å². The van der Waals surface area contributed by atoms with Crippen molar-refractivity contribution in [2.45, 2.75) is 75.8 Å². The van der Waals surface area contributed by atoms with Gasteiger partial charge in [-0.2, -0.15) is 0 Å². The molecule has 0 amide bonds. The van der Waals surface area contributed by atoms with Crippen molar-refractivity contribution in [1.82, 2.24) is 0 Å². The Hall–Kier alpha value is 0.0569. The minimum Gasteiger partial charge on any atom is -0.408 e. The maximum Gasteiger partial charge on any atom is 0.192 e. The molecule has 0 spiro atoms. The summed E-state index contributed by atoms with van der Waals surface area (Å²) in [6, 6.07) is 0. The van der Waals surface area contributed by atoms with E-state index in [4.69, 9.17) is 13.9 Å². The minimum atomic E-state index is -1.89. The van der Waals surface area contributed by atoms with Gasteiger partial charge in [0.2, 0.25) is 0 Å². The first kappa shape index (κ1) is 14.5. The number of fused-ring (bicyclic) bond motifs is 2. The molecule has 2 rings (SSSR count). The van der Waals surface area contributed by atoms with Crippen LogP contribution in [0.2, 0.25) is 18.1 Å². The van der Waals surface area contributed by atoms with E-state index in [1.165, 1.54) is 0 Å². The molecule has 0 aromatic rings. The first-order chi connectivity index (χ1) is 8.17. The summed E-state index contributed by atoms with van der Waals surface area (Å²) in [4.78, 5) is 0. The van der Waals surface area contributed by atoms with Crippen molar-refractivity contribution in [3.8, 4) is 0 Å². The maximum atomic E-state index is 10.2. The maximum absolute atomic E-state index is 10.2. The molecule has 2 saturated heterocycles. The van der Waals surface area contributed by atoms with E-state index >= 15 is 0 Å². The fourth-order valence-corrected chi connectivity index (χ4v) is 3.81. The average Bonchev–Trinajstić information content (AvgIpc) is 2.77. The first-order valence-electron chi connectivity index (χ1n) is 6.71. The summed E-state index contributed by atoms with van der Waals surface area (Å²) in [5, 5.41) is 10.4. The predicted molar refractivity (Wildman–Crippen MR) is 72.2 cm³/mol. The molecule has 4 nitrogen and oxygen atoms in total. The van der Waals surface area contributed by atoms with Crippen LogP contribution in [-0.2, 0) is 13.9 Å². The number of methoxy groups -OCH3 is 1. The van der Waals surface area contributed by atoms with Crippen LogP contribution in [0.3, 0.4) is 0 Å². The fourth-order valence-electron chi connectivity index (χ4n) is 2.51. The second-order valence-electron chi connectivity index (χ2n) is 6.98. The van der Waals surface area contributed by atoms with Gasteiger partial charge in [0, 0.05) is 13.5 Å². The van der Waals surface area contributed by atoms with Crippen molar-refractivity contribution in [3.05, 3.63) is 0 Å². The molecule has 2 aliphatic rings. The molecule has 0 saturated carbocycles. The van der Waals surface area contributed by atoms with Gasteiger partial charge in [-0.3, -0.25) is 0 Å². The highest BCUT2D eigenvalue weighted by atomic mass is 28.4. The van der Waals surface area contributed by atoms with Gasteiger partial charge in [0.1, 0.15) is 18.3 Å². The van der Waals surface area contributed by atoms with Gasteiger partial charge < -0.3 is 19.0 Å². The summed E-state index contributed by atoms with van der Waals surface area (Å²) in [6.07, 6.45) is -0.114. The van der Waals surface area contributed by atoms with Crippen molar-refractivity contribution in [2.24, 2.45) is 0 Å². The summed E-state index contributed by atoms with van der Waals surface area (Å²) < 4.78 is 17.5. The quantitative estimate of drug-likeness (QED) is 0.799. The van der Waals surface area contributed by atoms with E-state index in [9.17, 15) is 5.11 Å². The molecular weight excluding hydrogens is 248 g/mol. The van der Waals surface area contributed by atoms with Crippen LogP contribution >= 0.6 is 0 Å². The van der Waals surface area contributed by atoms with Crippen molar-refractivity contribution < 1.29 is 19.0 Å². The molecule has 2 bridgehead atoms. The molecule has 0 aromatic heterocycles. The molecule has 5 heteroatoms. The third-order valence-corrected chi connectivity index (χ3v) is 9.22. The molecule has 2 aliphatic heterocycles. The summed E-state index contributed by atoms with van der Waals surface area (Å²) in [6.45, 7) is 11.0. The molecule has 1 N–H and O–H groups in total. The molecule has 0 unspecified atom stereocenters. The second-order valence-corrected chi connectivity index (χ2v) is 11.7. The van der Waals surface area contributed by atoms with Crippen LogP contribution in [0.15, 0.2) is 0 Å². The molecular formula is C13H26O4Si. The molecule has 106 valence electrons. The smallest absolute Gasteiger partial charge is 0.192 e. The molecule has 0 aromatic carbocycles. The molecule has 5 atom stereocenters. The van der Waals surface area contributed by atoms with Crippen LogP contribution in [0.4, 0.5) is 0 Å². The van der Waals surface area contributed by atoms with E-state index < -0.39 is 14.4 Å². The summed E-state index contributed by atoms with van der Waals surface area (Å²) in [5.41, 5.74) is 0. The zero-order valence-corrected chi connectivity index (χ0v) is 13.3. The van der Waals surface area contributed by atoms with Gasteiger partial charge in [-0.15, -0.1) is 0 Å². The number of ether oxygens (including phenoxy) is 2. The number of aliphatic hydroxyl groups is 1. The van der Waals surface area contributed by atoms with Gasteiger partial charge in [0.25, 0.3) is 0 Å². The van der Waals surface area contributed by atoms with Crippen LogP contribution in [0.5, 0.6) is 0 Å². The minimum absolute atomic E-state index is 0.0631. The van der Waals surface area contributed by atoms with Crippen LogP contribution in [0.1, 0.15) is 27.2 Å². The average molecular weight is 274 g/mol. The van der Waals surface area contributed by atoms with Crippen molar-refractivity contribution in [2.75, 3.05) is 7.11 Å². The first-order valence-corrected chi connectivity index (χ1v) is 9.62. The highest BCUT2D eigenvalue weighted by Crippen LogP contribution is 2.43. The summed E-state index contributed by atoms with van der Waals surface area (Å²) in [5.74, 6) is 0. The third kappa shape index (κ3) is 2.27. The summed E-state index contributed by atoms with van der Waals surface area (Å²) in [7, 11) is -0.188. The standard InChI is InChI=1S/C13H26O4Si/c1-13(2,3)18(5,6)17-12-10(14)8-7-9(15-4)11(12)16-8/h8-12,14H,7H2,1-6H3/t8-,9-,10+,11+,12+/m1/s1. The van der Waals surface area contributed by atoms with Crippen LogP contribution < -0.4 is 0 Å². The zero-order valence-electron chi connectivity index (χ0n) is 12.3. The second kappa shape index (κ2) is 4.56. The number of aliphatic hydroxyl groups excluding tert-OH is 1. The highest BCUT2D eigenvalue weighted by molar-refractivity contribution is 6.74. The van der Waals surface area contributed by atoms with Crippen molar-refractivity contribution in [3.63, 3.8) is 0 Å². The number of hydrogen-bond acceptors (Lipinski definition) is 4. The van der Waals surface area contributed by atoms with E-state index in [1.54, 1.807) is 7.11 Å². The summed E-state index contributed by atoms with van der Waals surface area (Å²) >= 11 is 0. The lowest BCUT2D eigenvalue weighted by atomic mass is 9.92. The normalized spacial score (nSPS) is 40.5. The van der Waals surface area contributed by atoms with Crippen LogP contribution in [0, 0.1) is 0 Å². The molecule has 18 heavy (non-hydrogen) atoms. The Morgan fingerprint density at radius 2 is 1.89 bits per heavy atom. The Morgan fingerprint density at radius 1 is 1.28 bits per heavy atom. The highest BCUT2D eigenvalue weighted by Gasteiger charge is 2.57. The lowest BCUT2D eigenvalue weighted by molar-refractivity contribution is -0.0422. The SMILES string of the molecule is CO[C@@H]1C[C@H]2O[C@@H]1[C@@H](O[Si](C)(C)C(C)(C)C)[C@H]2O. The van der Waals surface area contributed by atoms with E-state index in [0.717, 1.165) is 6.42 Å². The van der Waals surface area contributed by atoms with E-state index in [0.29, 0.717) is 0 Å². The van der Waals surface area contributed by atoms with Crippen molar-refractivity contribution in [1.29, 1.82) is 0 Å². The lowest BCUT2D eigenvalue weighted by Gasteiger charge is -2.41. The Morgan fingerprint density at radius 3 is 2.33 bits per heavy atom. The van der Waals surface area contributed by atoms with Gasteiger partial charge in [0.05, 0.1) is 12.2 Å². The number of rotatable bonds is 3. The van der Waals surface area contributed by atoms with Crippen LogP contribution in [-0.4, -0.2) is 51.1 Å². The van der Waals surface area contributed by atoms with Crippen molar-refractivity contribution >= 4 is 8.32 Å². The Balaban J connectivity index is 2.10. The third-order valence-electron chi connectivity index (χ3n) is 4.74. The Bertz CT molecular complexity index is 313. The molecule has 2 fully saturated rings. The Kier molecular flexibility index (Phi) is 3.66. The van der Waals surface area contributed by atoms with Gasteiger partial charge in [-0.05, 0) is 18.1 Å². The van der Waals surface area contributed by atoms with Gasteiger partial charge in [0.15, 0.2) is 8.32 Å². The predicted octanol–water partition coefficient (Wildman–Crippen LogP) is 1.92. The number of hydrogen-bond donors (Lipinski definition) is 1. The molecule has 2 heterocycles. The lowest BCUT2D eigenvalue weighted by Crippen LogP contribution is -2.53. The fraction of sp³-hybridized carbons (Fsp3) is 1.00. The van der Waals surface area contributed by atoms with Crippen LogP contribution in [0.25, 0.3) is 0 Å². The van der Waals surface area contributed by atoms with E-state index in [1.807, 2.05) is 0 Å².